The number of nitrogens with zero attached hydrogens (tertiary/aromatic N) is 2. The third-order valence-corrected chi connectivity index (χ3v) is 6.97. The molecular weight excluding hydrogens is 410 g/mol. The predicted molar refractivity (Wildman–Crippen MR) is 132 cm³/mol. The lowest BCUT2D eigenvalue weighted by Gasteiger charge is -2.37. The molecule has 0 saturated carbocycles. The van der Waals surface area contributed by atoms with Crippen LogP contribution in [0.1, 0.15) is 24.5 Å². The molecule has 3 aromatic carbocycles. The lowest BCUT2D eigenvalue weighted by molar-refractivity contribution is 0.114. The monoisotopic (exact) mass is 441 g/mol. The molecule has 0 aliphatic carbocycles. The van der Waals surface area contributed by atoms with Crippen LogP contribution >= 0.6 is 0 Å². The smallest absolute Gasteiger partial charge is 0.322 e. The summed E-state index contributed by atoms with van der Waals surface area (Å²) in [5.41, 5.74) is 3.56. The molecule has 1 N–H and O–H groups in total. The molecule has 2 aliphatic heterocycles. The van der Waals surface area contributed by atoms with Crippen molar-refractivity contribution < 1.29 is 9.53 Å². The fraction of sp³-hybridized carbons (Fsp3) is 0.321. The molecule has 0 radical (unpaired) electrons. The van der Waals surface area contributed by atoms with Gasteiger partial charge in [-0.3, -0.25) is 4.90 Å². The maximum absolute atomic E-state index is 13.0. The number of carbonyl (C=O) groups excluding carboxylic acids is 1. The molecule has 5 rings (SSSR count). The van der Waals surface area contributed by atoms with E-state index in [1.54, 1.807) is 0 Å². The number of benzene rings is 3. The van der Waals surface area contributed by atoms with E-state index in [1.165, 1.54) is 11.1 Å². The van der Waals surface area contributed by atoms with Crippen LogP contribution in [-0.4, -0.2) is 47.0 Å². The Morgan fingerprint density at radius 3 is 2.33 bits per heavy atom. The van der Waals surface area contributed by atoms with Crippen molar-refractivity contribution in [3.05, 3.63) is 90.0 Å². The predicted octanol–water partition coefficient (Wildman–Crippen LogP) is 5.71. The second kappa shape index (κ2) is 9.28. The van der Waals surface area contributed by atoms with Gasteiger partial charge >= 0.3 is 6.03 Å². The van der Waals surface area contributed by atoms with E-state index < -0.39 is 0 Å². The van der Waals surface area contributed by atoms with E-state index in [0.717, 1.165) is 43.1 Å². The van der Waals surface area contributed by atoms with Gasteiger partial charge in [0.15, 0.2) is 0 Å². The number of para-hydroxylation sites is 1. The van der Waals surface area contributed by atoms with Gasteiger partial charge in [-0.25, -0.2) is 4.79 Å². The molecule has 2 fully saturated rings. The fourth-order valence-corrected chi connectivity index (χ4v) is 5.19. The highest BCUT2D eigenvalue weighted by Gasteiger charge is 2.46. The van der Waals surface area contributed by atoms with Gasteiger partial charge in [-0.15, -0.1) is 0 Å². The average Bonchev–Trinajstić information content (AvgIpc) is 3.44. The van der Waals surface area contributed by atoms with Gasteiger partial charge in [-0.05, 0) is 74.2 Å². The van der Waals surface area contributed by atoms with Crippen LogP contribution in [0, 0.1) is 6.92 Å². The van der Waals surface area contributed by atoms with E-state index in [2.05, 4.69) is 48.3 Å². The maximum Gasteiger partial charge on any atom is 0.322 e. The van der Waals surface area contributed by atoms with Crippen molar-refractivity contribution in [2.75, 3.05) is 18.4 Å². The molecule has 3 atom stereocenters. The summed E-state index contributed by atoms with van der Waals surface area (Å²) in [5.74, 6) is 1.54. The van der Waals surface area contributed by atoms with E-state index >= 15 is 0 Å². The van der Waals surface area contributed by atoms with E-state index in [0.29, 0.717) is 12.1 Å². The summed E-state index contributed by atoms with van der Waals surface area (Å²) in [5, 5.41) is 3.06. The molecular formula is C28H31N3O2. The van der Waals surface area contributed by atoms with Crippen LogP contribution < -0.4 is 10.1 Å². The third kappa shape index (κ3) is 4.74. The molecule has 5 nitrogen and oxygen atoms in total. The molecule has 3 unspecified atom stereocenters. The normalized spacial score (nSPS) is 20.6. The van der Waals surface area contributed by atoms with Crippen LogP contribution in [0.15, 0.2) is 78.9 Å². The van der Waals surface area contributed by atoms with Crippen molar-refractivity contribution in [3.63, 3.8) is 0 Å². The van der Waals surface area contributed by atoms with Gasteiger partial charge in [0, 0.05) is 36.9 Å². The summed E-state index contributed by atoms with van der Waals surface area (Å²) in [6, 6.07) is 27.1. The van der Waals surface area contributed by atoms with Crippen LogP contribution in [0.2, 0.25) is 0 Å². The molecule has 0 aromatic heterocycles. The number of likely N-dealkylation sites (tertiary alicyclic amines) is 2. The minimum atomic E-state index is -0.00886. The zero-order chi connectivity index (χ0) is 22.8. The SMILES string of the molecule is Cc1ccccc1CC(C)N1CC2CC1CN2C(=O)Nc1ccc(Oc2ccccc2)cc1. The second-order valence-corrected chi connectivity index (χ2v) is 9.24. The number of aryl methyl sites for hydroxylation is 1. The zero-order valence-corrected chi connectivity index (χ0v) is 19.3. The van der Waals surface area contributed by atoms with Gasteiger partial charge in [0.1, 0.15) is 11.5 Å². The van der Waals surface area contributed by atoms with Gasteiger partial charge in [-0.1, -0.05) is 42.5 Å². The highest BCUT2D eigenvalue weighted by atomic mass is 16.5. The van der Waals surface area contributed by atoms with Crippen molar-refractivity contribution in [2.24, 2.45) is 0 Å². The lowest BCUT2D eigenvalue weighted by Crippen LogP contribution is -2.52. The quantitative estimate of drug-likeness (QED) is 0.533. The summed E-state index contributed by atoms with van der Waals surface area (Å²) in [6.07, 6.45) is 2.12. The number of amides is 2. The number of carbonyl (C=O) groups is 1. The third-order valence-electron chi connectivity index (χ3n) is 6.97. The van der Waals surface area contributed by atoms with Crippen LogP contribution in [0.3, 0.4) is 0 Å². The number of fused-ring (bicyclic) bond motifs is 2. The van der Waals surface area contributed by atoms with Crippen molar-refractivity contribution in [1.29, 1.82) is 0 Å². The first-order valence-corrected chi connectivity index (χ1v) is 11.8. The number of rotatable bonds is 6. The number of piperazine rings is 1. The number of ether oxygens (including phenoxy) is 1. The summed E-state index contributed by atoms with van der Waals surface area (Å²) in [7, 11) is 0. The summed E-state index contributed by atoms with van der Waals surface area (Å²) >= 11 is 0. The van der Waals surface area contributed by atoms with E-state index in [9.17, 15) is 4.79 Å². The molecule has 2 bridgehead atoms. The molecule has 3 aromatic rings. The molecule has 5 heteroatoms. The first-order chi connectivity index (χ1) is 16.1. The van der Waals surface area contributed by atoms with Crippen LogP contribution in [0.25, 0.3) is 0 Å². The second-order valence-electron chi connectivity index (χ2n) is 9.24. The molecule has 0 spiro atoms. The molecule has 2 heterocycles. The van der Waals surface area contributed by atoms with Gasteiger partial charge in [0.05, 0.1) is 0 Å². The van der Waals surface area contributed by atoms with Crippen molar-refractivity contribution in [1.82, 2.24) is 9.80 Å². The number of anilines is 1. The Bertz CT molecular complexity index is 1100. The summed E-state index contributed by atoms with van der Waals surface area (Å²) < 4.78 is 5.83. The Balaban J connectivity index is 1.15. The van der Waals surface area contributed by atoms with E-state index in [-0.39, 0.29) is 12.1 Å². The minimum absolute atomic E-state index is 0.00886. The first-order valence-electron chi connectivity index (χ1n) is 11.8. The number of hydrogen-bond donors (Lipinski definition) is 1. The van der Waals surface area contributed by atoms with Gasteiger partial charge in [0.25, 0.3) is 0 Å². The molecule has 33 heavy (non-hydrogen) atoms. The highest BCUT2D eigenvalue weighted by Crippen LogP contribution is 2.33. The maximum atomic E-state index is 13.0. The van der Waals surface area contributed by atoms with Gasteiger partial charge in [-0.2, -0.15) is 0 Å². The van der Waals surface area contributed by atoms with E-state index in [4.69, 9.17) is 4.74 Å². The fourth-order valence-electron chi connectivity index (χ4n) is 5.19. The number of urea groups is 1. The van der Waals surface area contributed by atoms with Crippen LogP contribution in [-0.2, 0) is 6.42 Å². The molecule has 2 aliphatic rings. The number of nitrogens with one attached hydrogen (secondary N) is 1. The Morgan fingerprint density at radius 1 is 0.939 bits per heavy atom. The van der Waals surface area contributed by atoms with Gasteiger partial charge in [0.2, 0.25) is 0 Å². The standard InChI is InChI=1S/C28H31N3O2/c1-20-8-6-7-9-22(20)16-21(2)30-18-25-17-24(30)19-31(25)28(32)29-23-12-14-27(15-13-23)33-26-10-4-3-5-11-26/h3-15,21,24-25H,16-19H2,1-2H3,(H,29,32). The van der Waals surface area contributed by atoms with Crippen molar-refractivity contribution in [3.8, 4) is 11.5 Å². The Morgan fingerprint density at radius 2 is 1.64 bits per heavy atom. The lowest BCUT2D eigenvalue weighted by atomic mass is 10.0. The molecule has 2 amide bonds. The molecule has 2 saturated heterocycles. The number of hydrogen-bond acceptors (Lipinski definition) is 3. The van der Waals surface area contributed by atoms with Crippen LogP contribution in [0.5, 0.6) is 11.5 Å². The largest absolute Gasteiger partial charge is 0.457 e. The average molecular weight is 442 g/mol. The Labute approximate surface area is 196 Å². The highest BCUT2D eigenvalue weighted by molar-refractivity contribution is 5.90. The topological polar surface area (TPSA) is 44.8 Å². The Kier molecular flexibility index (Phi) is 6.05. The van der Waals surface area contributed by atoms with Crippen molar-refractivity contribution >= 4 is 11.7 Å². The first kappa shape index (κ1) is 21.5. The Hall–Kier alpha value is -3.31. The van der Waals surface area contributed by atoms with Gasteiger partial charge < -0.3 is 15.0 Å². The van der Waals surface area contributed by atoms with E-state index in [1.807, 2.05) is 59.5 Å². The minimum Gasteiger partial charge on any atom is -0.457 e. The molecule has 170 valence electrons. The van der Waals surface area contributed by atoms with Crippen LogP contribution in [0.4, 0.5) is 10.5 Å². The summed E-state index contributed by atoms with van der Waals surface area (Å²) in [6.45, 7) is 6.25. The summed E-state index contributed by atoms with van der Waals surface area (Å²) in [4.78, 5) is 17.6. The van der Waals surface area contributed by atoms with Crippen molar-refractivity contribution in [2.45, 2.75) is 44.8 Å². The zero-order valence-electron chi connectivity index (χ0n) is 19.3.